The number of methoxy groups -OCH3 is 1. The first-order valence-corrected chi connectivity index (χ1v) is 6.29. The van der Waals surface area contributed by atoms with E-state index in [1.165, 1.54) is 6.42 Å². The number of anilines is 1. The van der Waals surface area contributed by atoms with Gasteiger partial charge in [0, 0.05) is 17.6 Å². The highest BCUT2D eigenvalue weighted by atomic mass is 35.5. The van der Waals surface area contributed by atoms with Crippen molar-refractivity contribution in [3.63, 3.8) is 0 Å². The van der Waals surface area contributed by atoms with E-state index in [1.54, 1.807) is 7.11 Å². The summed E-state index contributed by atoms with van der Waals surface area (Å²) < 4.78 is 5.30. The highest BCUT2D eigenvalue weighted by molar-refractivity contribution is 6.31. The number of hydrogen-bond acceptors (Lipinski definition) is 3. The lowest BCUT2D eigenvalue weighted by Gasteiger charge is -2.13. The summed E-state index contributed by atoms with van der Waals surface area (Å²) in [6, 6.07) is 3.88. The van der Waals surface area contributed by atoms with Gasteiger partial charge in [-0.25, -0.2) is 0 Å². The monoisotopic (exact) mass is 256 g/mol. The van der Waals surface area contributed by atoms with Crippen molar-refractivity contribution >= 4 is 17.3 Å². The molecular formula is C13H21ClN2O. The first kappa shape index (κ1) is 14.1. The Kier molecular flexibility index (Phi) is 6.16. The Labute approximate surface area is 109 Å². The molecule has 0 aliphatic rings. The highest BCUT2D eigenvalue weighted by Crippen LogP contribution is 2.30. The predicted octanol–water partition coefficient (Wildman–Crippen LogP) is 3.07. The quantitative estimate of drug-likeness (QED) is 0.736. The van der Waals surface area contributed by atoms with Gasteiger partial charge in [0.25, 0.3) is 0 Å². The number of unbranched alkanes of at least 4 members (excludes halogenated alkanes) is 1. The largest absolute Gasteiger partial charge is 0.495 e. The van der Waals surface area contributed by atoms with Crippen molar-refractivity contribution in [1.82, 2.24) is 5.32 Å². The van der Waals surface area contributed by atoms with Crippen molar-refractivity contribution in [3.05, 3.63) is 22.7 Å². The summed E-state index contributed by atoms with van der Waals surface area (Å²) in [5.41, 5.74) is 2.07. The van der Waals surface area contributed by atoms with Crippen molar-refractivity contribution in [2.75, 3.05) is 32.6 Å². The zero-order valence-electron chi connectivity index (χ0n) is 10.8. The SMILES string of the molecule is CNCCCCNc1cc(C)c(Cl)cc1OC. The Bertz CT molecular complexity index is 356. The first-order chi connectivity index (χ1) is 8.19. The van der Waals surface area contributed by atoms with Gasteiger partial charge in [-0.2, -0.15) is 0 Å². The molecule has 17 heavy (non-hydrogen) atoms. The van der Waals surface area contributed by atoms with Gasteiger partial charge in [0.1, 0.15) is 5.75 Å². The Morgan fingerprint density at radius 1 is 1.24 bits per heavy atom. The lowest BCUT2D eigenvalue weighted by atomic mass is 10.2. The molecule has 0 bridgehead atoms. The van der Waals surface area contributed by atoms with Crippen LogP contribution in [-0.2, 0) is 0 Å². The minimum absolute atomic E-state index is 0.739. The van der Waals surface area contributed by atoms with Gasteiger partial charge in [-0.1, -0.05) is 11.6 Å². The zero-order valence-corrected chi connectivity index (χ0v) is 11.5. The van der Waals surface area contributed by atoms with E-state index < -0.39 is 0 Å². The maximum atomic E-state index is 6.05. The normalized spacial score (nSPS) is 10.4. The smallest absolute Gasteiger partial charge is 0.143 e. The summed E-state index contributed by atoms with van der Waals surface area (Å²) in [6.07, 6.45) is 2.30. The van der Waals surface area contributed by atoms with Crippen molar-refractivity contribution < 1.29 is 4.74 Å². The third kappa shape index (κ3) is 4.44. The fraction of sp³-hybridized carbons (Fsp3) is 0.538. The minimum atomic E-state index is 0.739. The van der Waals surface area contributed by atoms with E-state index in [2.05, 4.69) is 10.6 Å². The van der Waals surface area contributed by atoms with Crippen molar-refractivity contribution in [2.24, 2.45) is 0 Å². The second-order valence-corrected chi connectivity index (χ2v) is 4.45. The van der Waals surface area contributed by atoms with Crippen LogP contribution in [0.3, 0.4) is 0 Å². The molecule has 0 unspecified atom stereocenters. The van der Waals surface area contributed by atoms with Crippen LogP contribution in [0.15, 0.2) is 12.1 Å². The molecule has 2 N–H and O–H groups in total. The Morgan fingerprint density at radius 3 is 2.59 bits per heavy atom. The third-order valence-corrected chi connectivity index (χ3v) is 3.06. The fourth-order valence-electron chi connectivity index (χ4n) is 1.62. The lowest BCUT2D eigenvalue weighted by molar-refractivity contribution is 0.416. The molecule has 0 heterocycles. The molecule has 0 aliphatic carbocycles. The predicted molar refractivity (Wildman–Crippen MR) is 74.4 cm³/mol. The molecule has 0 atom stereocenters. The molecule has 1 rings (SSSR count). The Hall–Kier alpha value is -0.930. The molecule has 0 aliphatic heterocycles. The van der Waals surface area contributed by atoms with Gasteiger partial charge >= 0.3 is 0 Å². The molecule has 0 fully saturated rings. The van der Waals surface area contributed by atoms with Crippen LogP contribution >= 0.6 is 11.6 Å². The molecule has 0 saturated carbocycles. The standard InChI is InChI=1S/C13H21ClN2O/c1-10-8-12(13(17-3)9-11(10)14)16-7-5-4-6-15-2/h8-9,15-16H,4-7H2,1-3H3. The second-order valence-electron chi connectivity index (χ2n) is 4.04. The fourth-order valence-corrected chi connectivity index (χ4v) is 1.77. The van der Waals surface area contributed by atoms with Crippen LogP contribution in [0, 0.1) is 6.92 Å². The van der Waals surface area contributed by atoms with E-state index in [4.69, 9.17) is 16.3 Å². The summed E-state index contributed by atoms with van der Waals surface area (Å²) in [6.45, 7) is 3.99. The van der Waals surface area contributed by atoms with Gasteiger partial charge in [0.2, 0.25) is 0 Å². The summed E-state index contributed by atoms with van der Waals surface area (Å²) in [5, 5.41) is 7.25. The van der Waals surface area contributed by atoms with Crippen molar-refractivity contribution in [3.8, 4) is 5.75 Å². The zero-order chi connectivity index (χ0) is 12.7. The van der Waals surface area contributed by atoms with E-state index in [0.717, 1.165) is 41.5 Å². The van der Waals surface area contributed by atoms with Crippen molar-refractivity contribution in [1.29, 1.82) is 0 Å². The molecule has 0 amide bonds. The molecule has 0 spiro atoms. The molecular weight excluding hydrogens is 236 g/mol. The van der Waals surface area contributed by atoms with Gasteiger partial charge in [0.15, 0.2) is 0 Å². The van der Waals surface area contributed by atoms with Gasteiger partial charge in [-0.3, -0.25) is 0 Å². The van der Waals surface area contributed by atoms with E-state index in [-0.39, 0.29) is 0 Å². The highest BCUT2D eigenvalue weighted by Gasteiger charge is 2.05. The minimum Gasteiger partial charge on any atom is -0.495 e. The van der Waals surface area contributed by atoms with Crippen LogP contribution in [-0.4, -0.2) is 27.2 Å². The molecule has 1 aromatic carbocycles. The maximum absolute atomic E-state index is 6.05. The topological polar surface area (TPSA) is 33.3 Å². The van der Waals surface area contributed by atoms with E-state index in [1.807, 2.05) is 26.1 Å². The van der Waals surface area contributed by atoms with Crippen LogP contribution < -0.4 is 15.4 Å². The van der Waals surface area contributed by atoms with Crippen LogP contribution in [0.4, 0.5) is 5.69 Å². The Balaban J connectivity index is 2.54. The summed E-state index contributed by atoms with van der Waals surface area (Å²) in [4.78, 5) is 0. The lowest BCUT2D eigenvalue weighted by Crippen LogP contribution is -2.10. The van der Waals surface area contributed by atoms with Crippen molar-refractivity contribution in [2.45, 2.75) is 19.8 Å². The molecule has 3 nitrogen and oxygen atoms in total. The second kappa shape index (κ2) is 7.41. The number of aryl methyl sites for hydroxylation is 1. The number of rotatable bonds is 7. The van der Waals surface area contributed by atoms with Crippen LogP contribution in [0.25, 0.3) is 0 Å². The average Bonchev–Trinajstić information content (AvgIpc) is 2.33. The summed E-state index contributed by atoms with van der Waals surface area (Å²) >= 11 is 6.05. The summed E-state index contributed by atoms with van der Waals surface area (Å²) in [7, 11) is 3.63. The number of benzene rings is 1. The van der Waals surface area contributed by atoms with Gasteiger partial charge in [-0.05, 0) is 45.0 Å². The van der Waals surface area contributed by atoms with Gasteiger partial charge in [-0.15, -0.1) is 0 Å². The number of halogens is 1. The molecule has 1 aromatic rings. The number of ether oxygens (including phenoxy) is 1. The Morgan fingerprint density at radius 2 is 1.94 bits per heavy atom. The first-order valence-electron chi connectivity index (χ1n) is 5.91. The molecule has 0 saturated heterocycles. The molecule has 0 aromatic heterocycles. The number of nitrogens with one attached hydrogen (secondary N) is 2. The summed E-state index contributed by atoms with van der Waals surface area (Å²) in [5.74, 6) is 0.800. The van der Waals surface area contributed by atoms with Gasteiger partial charge < -0.3 is 15.4 Å². The van der Waals surface area contributed by atoms with Crippen LogP contribution in [0.2, 0.25) is 5.02 Å². The van der Waals surface area contributed by atoms with Crippen LogP contribution in [0.1, 0.15) is 18.4 Å². The van der Waals surface area contributed by atoms with Crippen LogP contribution in [0.5, 0.6) is 5.75 Å². The molecule has 0 radical (unpaired) electrons. The number of hydrogen-bond donors (Lipinski definition) is 2. The van der Waals surface area contributed by atoms with E-state index in [0.29, 0.717) is 0 Å². The molecule has 4 heteroatoms. The maximum Gasteiger partial charge on any atom is 0.143 e. The molecule has 96 valence electrons. The van der Waals surface area contributed by atoms with E-state index in [9.17, 15) is 0 Å². The van der Waals surface area contributed by atoms with E-state index >= 15 is 0 Å². The third-order valence-electron chi connectivity index (χ3n) is 2.65. The average molecular weight is 257 g/mol. The van der Waals surface area contributed by atoms with Gasteiger partial charge in [0.05, 0.1) is 12.8 Å².